The van der Waals surface area contributed by atoms with Crippen LogP contribution >= 0.6 is 0 Å². The van der Waals surface area contributed by atoms with Crippen LogP contribution < -0.4 is 0 Å². The van der Waals surface area contributed by atoms with Gasteiger partial charge in [0, 0.05) is 30.7 Å². The van der Waals surface area contributed by atoms with Gasteiger partial charge in [0.1, 0.15) is 5.69 Å². The van der Waals surface area contributed by atoms with E-state index in [9.17, 15) is 0 Å². The molecular weight excluding hydrogens is 286 g/mol. The van der Waals surface area contributed by atoms with Gasteiger partial charge in [-0.1, -0.05) is 6.42 Å². The van der Waals surface area contributed by atoms with E-state index in [2.05, 4.69) is 37.5 Å². The largest absolute Gasteiger partial charge is 0.348 e. The molecule has 0 unspecified atom stereocenters. The highest BCUT2D eigenvalue weighted by atomic mass is 15.2. The molecule has 5 nitrogen and oxygen atoms in total. The first-order valence-electron chi connectivity index (χ1n) is 9.08. The van der Waals surface area contributed by atoms with Crippen molar-refractivity contribution in [1.29, 1.82) is 0 Å². The highest BCUT2D eigenvalue weighted by Crippen LogP contribution is 2.33. The first-order chi connectivity index (χ1) is 11.3. The van der Waals surface area contributed by atoms with E-state index in [-0.39, 0.29) is 0 Å². The Morgan fingerprint density at radius 2 is 2.09 bits per heavy atom. The zero-order chi connectivity index (χ0) is 15.6. The lowest BCUT2D eigenvalue weighted by molar-refractivity contribution is 0.0539. The number of hydrogen-bond acceptors (Lipinski definition) is 3. The van der Waals surface area contributed by atoms with Gasteiger partial charge < -0.3 is 14.5 Å². The molecule has 2 fully saturated rings. The second-order valence-electron chi connectivity index (χ2n) is 7.11. The number of fused-ring (bicyclic) bond motifs is 1. The number of piperidine rings is 2. The number of aryl methyl sites for hydroxylation is 2. The normalized spacial score (nSPS) is 25.4. The van der Waals surface area contributed by atoms with Gasteiger partial charge in [-0.2, -0.15) is 0 Å². The Morgan fingerprint density at radius 1 is 1.17 bits per heavy atom. The number of aromatic nitrogens is 4. The van der Waals surface area contributed by atoms with E-state index >= 15 is 0 Å². The minimum atomic E-state index is 0.830. The molecule has 0 bridgehead atoms. The SMILES string of the molecule is Cc1[nH]cnc1-c1nccn1CC[C@@H]1CCCN2CCCC[C@H]12. The number of imidazole rings is 2. The van der Waals surface area contributed by atoms with Gasteiger partial charge in [0.25, 0.3) is 0 Å². The number of rotatable bonds is 4. The summed E-state index contributed by atoms with van der Waals surface area (Å²) in [5.41, 5.74) is 2.08. The quantitative estimate of drug-likeness (QED) is 0.943. The molecule has 4 heterocycles. The summed E-state index contributed by atoms with van der Waals surface area (Å²) in [6.07, 6.45) is 14.0. The molecule has 23 heavy (non-hydrogen) atoms. The van der Waals surface area contributed by atoms with E-state index in [1.807, 2.05) is 6.20 Å². The molecule has 2 aromatic rings. The minimum absolute atomic E-state index is 0.830. The van der Waals surface area contributed by atoms with Crippen LogP contribution in [0.3, 0.4) is 0 Å². The number of aromatic amines is 1. The van der Waals surface area contributed by atoms with Crippen molar-refractivity contribution in [3.05, 3.63) is 24.4 Å². The van der Waals surface area contributed by atoms with Crippen LogP contribution in [0, 0.1) is 12.8 Å². The molecule has 2 aliphatic heterocycles. The van der Waals surface area contributed by atoms with Crippen molar-refractivity contribution < 1.29 is 0 Å². The summed E-state index contributed by atoms with van der Waals surface area (Å²) >= 11 is 0. The average Bonchev–Trinajstić information content (AvgIpc) is 3.21. The zero-order valence-corrected chi connectivity index (χ0v) is 14.0. The molecule has 0 radical (unpaired) electrons. The van der Waals surface area contributed by atoms with Gasteiger partial charge in [0.05, 0.1) is 6.33 Å². The van der Waals surface area contributed by atoms with E-state index in [1.54, 1.807) is 6.33 Å². The lowest BCUT2D eigenvalue weighted by Gasteiger charge is -2.44. The second-order valence-corrected chi connectivity index (χ2v) is 7.11. The maximum atomic E-state index is 4.53. The molecule has 4 rings (SSSR count). The molecular formula is C18H27N5. The van der Waals surface area contributed by atoms with E-state index in [0.29, 0.717) is 0 Å². The molecule has 0 saturated carbocycles. The predicted molar refractivity (Wildman–Crippen MR) is 91.1 cm³/mol. The van der Waals surface area contributed by atoms with Crippen LogP contribution in [0.1, 0.15) is 44.2 Å². The smallest absolute Gasteiger partial charge is 0.160 e. The molecule has 2 aromatic heterocycles. The third-order valence-corrected chi connectivity index (χ3v) is 5.73. The van der Waals surface area contributed by atoms with Gasteiger partial charge >= 0.3 is 0 Å². The van der Waals surface area contributed by atoms with Crippen LogP contribution in [0.15, 0.2) is 18.7 Å². The van der Waals surface area contributed by atoms with Crippen LogP contribution in [0.5, 0.6) is 0 Å². The Hall–Kier alpha value is -1.62. The maximum Gasteiger partial charge on any atom is 0.160 e. The van der Waals surface area contributed by atoms with E-state index in [1.165, 1.54) is 51.6 Å². The fourth-order valence-electron chi connectivity index (χ4n) is 4.51. The van der Waals surface area contributed by atoms with Crippen LogP contribution in [0.4, 0.5) is 0 Å². The van der Waals surface area contributed by atoms with Crippen molar-refractivity contribution in [2.45, 2.75) is 58.0 Å². The van der Waals surface area contributed by atoms with E-state index in [0.717, 1.165) is 35.7 Å². The van der Waals surface area contributed by atoms with Crippen LogP contribution in [0.2, 0.25) is 0 Å². The minimum Gasteiger partial charge on any atom is -0.348 e. The number of H-pyrrole nitrogens is 1. The first kappa shape index (κ1) is 14.9. The molecule has 0 amide bonds. The van der Waals surface area contributed by atoms with Crippen molar-refractivity contribution in [3.8, 4) is 11.5 Å². The van der Waals surface area contributed by atoms with Crippen LogP contribution in [-0.4, -0.2) is 43.6 Å². The summed E-state index contributed by atoms with van der Waals surface area (Å²) in [6, 6.07) is 0.830. The van der Waals surface area contributed by atoms with Crippen molar-refractivity contribution in [2.75, 3.05) is 13.1 Å². The molecule has 1 N–H and O–H groups in total. The zero-order valence-electron chi connectivity index (χ0n) is 14.0. The van der Waals surface area contributed by atoms with Crippen LogP contribution in [0.25, 0.3) is 11.5 Å². The van der Waals surface area contributed by atoms with Gasteiger partial charge in [0.15, 0.2) is 5.82 Å². The van der Waals surface area contributed by atoms with E-state index in [4.69, 9.17) is 0 Å². The Labute approximate surface area is 138 Å². The summed E-state index contributed by atoms with van der Waals surface area (Å²) in [4.78, 5) is 14.9. The summed E-state index contributed by atoms with van der Waals surface area (Å²) in [6.45, 7) is 5.76. The third-order valence-electron chi connectivity index (χ3n) is 5.73. The maximum absolute atomic E-state index is 4.53. The predicted octanol–water partition coefficient (Wildman–Crippen LogP) is 3.24. The highest BCUT2D eigenvalue weighted by Gasteiger charge is 2.32. The molecule has 124 valence electrons. The summed E-state index contributed by atoms with van der Waals surface area (Å²) in [5.74, 6) is 1.85. The second kappa shape index (κ2) is 6.48. The van der Waals surface area contributed by atoms with E-state index < -0.39 is 0 Å². The Kier molecular flexibility index (Phi) is 4.21. The van der Waals surface area contributed by atoms with Crippen molar-refractivity contribution in [1.82, 2.24) is 24.4 Å². The number of nitrogens with zero attached hydrogens (tertiary/aromatic N) is 4. The molecule has 0 spiro atoms. The van der Waals surface area contributed by atoms with Gasteiger partial charge in [-0.3, -0.25) is 0 Å². The van der Waals surface area contributed by atoms with Crippen LogP contribution in [-0.2, 0) is 6.54 Å². The molecule has 2 atom stereocenters. The summed E-state index contributed by atoms with van der Waals surface area (Å²) < 4.78 is 2.28. The lowest BCUT2D eigenvalue weighted by atomic mass is 9.81. The highest BCUT2D eigenvalue weighted by molar-refractivity contribution is 5.52. The lowest BCUT2D eigenvalue weighted by Crippen LogP contribution is -2.48. The number of nitrogens with one attached hydrogen (secondary N) is 1. The average molecular weight is 313 g/mol. The molecule has 0 aromatic carbocycles. The summed E-state index contributed by atoms with van der Waals surface area (Å²) in [5, 5.41) is 0. The Morgan fingerprint density at radius 3 is 2.96 bits per heavy atom. The topological polar surface area (TPSA) is 49.7 Å². The fourth-order valence-corrected chi connectivity index (χ4v) is 4.51. The number of hydrogen-bond donors (Lipinski definition) is 1. The Balaban J connectivity index is 1.45. The molecule has 5 heteroatoms. The van der Waals surface area contributed by atoms with Crippen molar-refractivity contribution in [3.63, 3.8) is 0 Å². The molecule has 2 saturated heterocycles. The monoisotopic (exact) mass is 313 g/mol. The molecule has 2 aliphatic rings. The summed E-state index contributed by atoms with van der Waals surface area (Å²) in [7, 11) is 0. The van der Waals surface area contributed by atoms with Gasteiger partial charge in [-0.25, -0.2) is 9.97 Å². The van der Waals surface area contributed by atoms with Crippen molar-refractivity contribution >= 4 is 0 Å². The van der Waals surface area contributed by atoms with Gasteiger partial charge in [0.2, 0.25) is 0 Å². The first-order valence-corrected chi connectivity index (χ1v) is 9.08. The third kappa shape index (κ3) is 2.94. The standard InChI is InChI=1S/C18H27N5/c1-14-17(21-13-20-14)18-19-8-12-23(18)11-7-15-5-4-10-22-9-3-2-6-16(15)22/h8,12-13,15-16H,2-7,9-11H2,1H3,(H,20,21)/t15-,16+/m0/s1. The Bertz CT molecular complexity index is 641. The molecule has 0 aliphatic carbocycles. The van der Waals surface area contributed by atoms with Gasteiger partial charge in [-0.15, -0.1) is 0 Å². The fraction of sp³-hybridized carbons (Fsp3) is 0.667. The van der Waals surface area contributed by atoms with Crippen molar-refractivity contribution in [2.24, 2.45) is 5.92 Å². The van der Waals surface area contributed by atoms with Gasteiger partial charge in [-0.05, 0) is 58.0 Å².